The summed E-state index contributed by atoms with van der Waals surface area (Å²) in [5, 5.41) is 5.49. The van der Waals surface area contributed by atoms with Gasteiger partial charge in [0.1, 0.15) is 6.54 Å². The van der Waals surface area contributed by atoms with Crippen LogP contribution in [0.2, 0.25) is 0 Å². The zero-order valence-electron chi connectivity index (χ0n) is 15.2. The zero-order chi connectivity index (χ0) is 19.1. The summed E-state index contributed by atoms with van der Waals surface area (Å²) in [5.74, 6) is -0.646. The van der Waals surface area contributed by atoms with Crippen molar-refractivity contribution >= 4 is 29.1 Å². The molecular weight excluding hydrogens is 330 g/mol. The SMILES string of the molecule is CC(=O)Nc1ccc(N(CC(=O)NCc2cccc(C)c2)C(C)=O)cc1. The van der Waals surface area contributed by atoms with Gasteiger partial charge in [0.05, 0.1) is 0 Å². The van der Waals surface area contributed by atoms with Crippen molar-refractivity contribution in [1.29, 1.82) is 0 Å². The van der Waals surface area contributed by atoms with Gasteiger partial charge in [-0.2, -0.15) is 0 Å². The summed E-state index contributed by atoms with van der Waals surface area (Å²) in [6.07, 6.45) is 0. The van der Waals surface area contributed by atoms with Crippen LogP contribution in [0, 0.1) is 6.92 Å². The zero-order valence-corrected chi connectivity index (χ0v) is 15.2. The lowest BCUT2D eigenvalue weighted by Gasteiger charge is -2.21. The minimum absolute atomic E-state index is 0.0688. The molecule has 6 heteroatoms. The van der Waals surface area contributed by atoms with E-state index in [1.165, 1.54) is 18.7 Å². The number of hydrogen-bond donors (Lipinski definition) is 2. The molecule has 0 unspecified atom stereocenters. The van der Waals surface area contributed by atoms with E-state index in [9.17, 15) is 14.4 Å². The molecule has 0 saturated carbocycles. The lowest BCUT2D eigenvalue weighted by Crippen LogP contribution is -2.39. The van der Waals surface area contributed by atoms with E-state index in [4.69, 9.17) is 0 Å². The maximum Gasteiger partial charge on any atom is 0.240 e. The molecule has 0 heterocycles. The van der Waals surface area contributed by atoms with Gasteiger partial charge < -0.3 is 15.5 Å². The molecule has 2 N–H and O–H groups in total. The first-order chi connectivity index (χ1) is 12.3. The van der Waals surface area contributed by atoms with Crippen LogP contribution in [0.1, 0.15) is 25.0 Å². The number of rotatable bonds is 6. The maximum absolute atomic E-state index is 12.2. The van der Waals surface area contributed by atoms with Crippen molar-refractivity contribution in [1.82, 2.24) is 5.32 Å². The first kappa shape index (κ1) is 19.2. The van der Waals surface area contributed by atoms with Gasteiger partial charge in [0.15, 0.2) is 0 Å². The standard InChI is InChI=1S/C20H23N3O3/c1-14-5-4-6-17(11-14)12-21-20(26)13-23(16(3)25)19-9-7-18(8-10-19)22-15(2)24/h4-11H,12-13H2,1-3H3,(H,21,26)(H,22,24). The van der Waals surface area contributed by atoms with Gasteiger partial charge in [0, 0.05) is 31.8 Å². The van der Waals surface area contributed by atoms with Crippen LogP contribution >= 0.6 is 0 Å². The Morgan fingerprint density at radius 1 is 1.00 bits per heavy atom. The molecular formula is C20H23N3O3. The topological polar surface area (TPSA) is 78.5 Å². The Kier molecular flexibility index (Phi) is 6.49. The van der Waals surface area contributed by atoms with Gasteiger partial charge in [-0.05, 0) is 36.8 Å². The van der Waals surface area contributed by atoms with Crippen LogP contribution in [0.3, 0.4) is 0 Å². The molecule has 26 heavy (non-hydrogen) atoms. The highest BCUT2D eigenvalue weighted by Crippen LogP contribution is 2.18. The fraction of sp³-hybridized carbons (Fsp3) is 0.250. The van der Waals surface area contributed by atoms with E-state index in [0.717, 1.165) is 11.1 Å². The Hall–Kier alpha value is -3.15. The van der Waals surface area contributed by atoms with E-state index in [2.05, 4.69) is 10.6 Å². The molecule has 0 saturated heterocycles. The van der Waals surface area contributed by atoms with E-state index in [1.54, 1.807) is 24.3 Å². The molecule has 0 aliphatic carbocycles. The molecule has 2 rings (SSSR count). The van der Waals surface area contributed by atoms with Gasteiger partial charge in [0.2, 0.25) is 17.7 Å². The molecule has 2 aromatic rings. The minimum atomic E-state index is -0.243. The van der Waals surface area contributed by atoms with Crippen LogP contribution < -0.4 is 15.5 Å². The van der Waals surface area contributed by atoms with Gasteiger partial charge in [-0.25, -0.2) is 0 Å². The summed E-state index contributed by atoms with van der Waals surface area (Å²) in [6.45, 7) is 5.17. The number of nitrogens with zero attached hydrogens (tertiary/aromatic N) is 1. The minimum Gasteiger partial charge on any atom is -0.350 e. The Morgan fingerprint density at radius 2 is 1.69 bits per heavy atom. The summed E-state index contributed by atoms with van der Waals surface area (Å²) >= 11 is 0. The van der Waals surface area contributed by atoms with Crippen LogP contribution in [0.5, 0.6) is 0 Å². The predicted octanol–water partition coefficient (Wildman–Crippen LogP) is 2.62. The number of nitrogens with one attached hydrogen (secondary N) is 2. The summed E-state index contributed by atoms with van der Waals surface area (Å²) in [5.41, 5.74) is 3.36. The molecule has 0 aromatic heterocycles. The largest absolute Gasteiger partial charge is 0.350 e. The first-order valence-corrected chi connectivity index (χ1v) is 8.33. The molecule has 0 radical (unpaired) electrons. The molecule has 3 amide bonds. The number of aryl methyl sites for hydroxylation is 1. The summed E-state index contributed by atoms with van der Waals surface area (Å²) in [7, 11) is 0. The second-order valence-corrected chi connectivity index (χ2v) is 6.10. The Balaban J connectivity index is 1.99. The van der Waals surface area contributed by atoms with Crippen molar-refractivity contribution in [3.8, 4) is 0 Å². The van der Waals surface area contributed by atoms with Crippen molar-refractivity contribution < 1.29 is 14.4 Å². The average molecular weight is 353 g/mol. The average Bonchev–Trinajstić information content (AvgIpc) is 2.58. The van der Waals surface area contributed by atoms with Gasteiger partial charge in [-0.3, -0.25) is 14.4 Å². The third-order valence-corrected chi connectivity index (χ3v) is 3.75. The normalized spacial score (nSPS) is 10.1. The molecule has 136 valence electrons. The Bertz CT molecular complexity index is 800. The van der Waals surface area contributed by atoms with Crippen LogP contribution in [0.15, 0.2) is 48.5 Å². The third kappa shape index (κ3) is 5.73. The highest BCUT2D eigenvalue weighted by atomic mass is 16.2. The van der Waals surface area contributed by atoms with Crippen molar-refractivity contribution in [2.24, 2.45) is 0 Å². The molecule has 0 fully saturated rings. The molecule has 2 aromatic carbocycles. The van der Waals surface area contributed by atoms with Crippen LogP contribution in [0.25, 0.3) is 0 Å². The smallest absolute Gasteiger partial charge is 0.240 e. The lowest BCUT2D eigenvalue weighted by atomic mass is 10.1. The molecule has 0 aliphatic heterocycles. The van der Waals surface area contributed by atoms with Gasteiger partial charge >= 0.3 is 0 Å². The van der Waals surface area contributed by atoms with E-state index in [0.29, 0.717) is 17.9 Å². The van der Waals surface area contributed by atoms with Crippen molar-refractivity contribution in [2.75, 3.05) is 16.8 Å². The molecule has 6 nitrogen and oxygen atoms in total. The van der Waals surface area contributed by atoms with Crippen molar-refractivity contribution in [3.63, 3.8) is 0 Å². The summed E-state index contributed by atoms with van der Waals surface area (Å²) in [6, 6.07) is 14.7. The number of amides is 3. The summed E-state index contributed by atoms with van der Waals surface area (Å²) < 4.78 is 0. The van der Waals surface area contributed by atoms with E-state index in [-0.39, 0.29) is 24.3 Å². The monoisotopic (exact) mass is 353 g/mol. The van der Waals surface area contributed by atoms with Gasteiger partial charge in [-0.15, -0.1) is 0 Å². The van der Waals surface area contributed by atoms with Crippen molar-refractivity contribution in [2.45, 2.75) is 27.3 Å². The van der Waals surface area contributed by atoms with Gasteiger partial charge in [0.25, 0.3) is 0 Å². The molecule has 0 aliphatic rings. The number of carbonyl (C=O) groups excluding carboxylic acids is 3. The maximum atomic E-state index is 12.2. The second-order valence-electron chi connectivity index (χ2n) is 6.10. The number of hydrogen-bond acceptors (Lipinski definition) is 3. The van der Waals surface area contributed by atoms with Crippen LogP contribution in [-0.4, -0.2) is 24.3 Å². The first-order valence-electron chi connectivity index (χ1n) is 8.33. The third-order valence-electron chi connectivity index (χ3n) is 3.75. The lowest BCUT2D eigenvalue weighted by molar-refractivity contribution is -0.123. The Labute approximate surface area is 153 Å². The van der Waals surface area contributed by atoms with E-state index < -0.39 is 0 Å². The predicted molar refractivity (Wildman–Crippen MR) is 102 cm³/mol. The summed E-state index contributed by atoms with van der Waals surface area (Å²) in [4.78, 5) is 36.6. The van der Waals surface area contributed by atoms with Crippen molar-refractivity contribution in [3.05, 3.63) is 59.7 Å². The fourth-order valence-corrected chi connectivity index (χ4v) is 2.53. The van der Waals surface area contributed by atoms with E-state index in [1.807, 2.05) is 31.2 Å². The highest BCUT2D eigenvalue weighted by molar-refractivity contribution is 5.97. The molecule has 0 bridgehead atoms. The number of carbonyl (C=O) groups is 3. The van der Waals surface area contributed by atoms with Gasteiger partial charge in [-0.1, -0.05) is 29.8 Å². The fourth-order valence-electron chi connectivity index (χ4n) is 2.53. The quantitative estimate of drug-likeness (QED) is 0.838. The highest BCUT2D eigenvalue weighted by Gasteiger charge is 2.15. The second kappa shape index (κ2) is 8.80. The Morgan fingerprint density at radius 3 is 2.27 bits per heavy atom. The number of anilines is 2. The molecule has 0 atom stereocenters. The van der Waals surface area contributed by atoms with Crippen LogP contribution in [-0.2, 0) is 20.9 Å². The number of benzene rings is 2. The van der Waals surface area contributed by atoms with Crippen LogP contribution in [0.4, 0.5) is 11.4 Å². The molecule has 0 spiro atoms. The van der Waals surface area contributed by atoms with E-state index >= 15 is 0 Å².